The average molecular weight is 334 g/mol. The molecule has 0 fully saturated rings. The van der Waals surface area contributed by atoms with Crippen LogP contribution < -0.4 is 4.74 Å². The number of aryl methyl sites for hydroxylation is 1. The minimum atomic E-state index is -0.692. The molecule has 0 saturated heterocycles. The zero-order valence-corrected chi connectivity index (χ0v) is 12.6. The second-order valence-electron chi connectivity index (χ2n) is 4.45. The Balaban J connectivity index is 2.79. The number of nitrogens with zero attached hydrogens (tertiary/aromatic N) is 1. The van der Waals surface area contributed by atoms with Crippen molar-refractivity contribution in [3.63, 3.8) is 0 Å². The van der Waals surface area contributed by atoms with E-state index >= 15 is 0 Å². The smallest absolute Gasteiger partial charge is 0.275 e. The van der Waals surface area contributed by atoms with Gasteiger partial charge in [-0.3, -0.25) is 10.1 Å². The number of alkyl halides is 1. The standard InChI is InChI=1S/C13H17BrFNO3/c1-3-4-10(7-14)8-19-13-5-9(2)12(16(17)18)6-11(13)15/h5-6,10H,3-4,7-8H2,1-2H3. The van der Waals surface area contributed by atoms with E-state index in [2.05, 4.69) is 22.9 Å². The van der Waals surface area contributed by atoms with Crippen molar-refractivity contribution in [2.24, 2.45) is 5.92 Å². The van der Waals surface area contributed by atoms with Crippen LogP contribution in [0, 0.1) is 28.8 Å². The fraction of sp³-hybridized carbons (Fsp3) is 0.538. The molecule has 0 amide bonds. The maximum Gasteiger partial charge on any atom is 0.275 e. The first-order chi connectivity index (χ1) is 8.99. The Labute approximate surface area is 120 Å². The normalized spacial score (nSPS) is 12.2. The van der Waals surface area contributed by atoms with E-state index in [4.69, 9.17) is 4.74 Å². The van der Waals surface area contributed by atoms with Crippen LogP contribution in [0.4, 0.5) is 10.1 Å². The number of rotatable bonds is 7. The summed E-state index contributed by atoms with van der Waals surface area (Å²) in [4.78, 5) is 10.1. The van der Waals surface area contributed by atoms with Crippen LogP contribution in [0.3, 0.4) is 0 Å². The minimum Gasteiger partial charge on any atom is -0.490 e. The Morgan fingerprint density at radius 1 is 1.53 bits per heavy atom. The molecule has 19 heavy (non-hydrogen) atoms. The highest BCUT2D eigenvalue weighted by Crippen LogP contribution is 2.27. The number of ether oxygens (including phenoxy) is 1. The number of nitro groups is 1. The summed E-state index contributed by atoms with van der Waals surface area (Å²) in [6.45, 7) is 4.04. The molecule has 0 saturated carbocycles. The predicted molar refractivity (Wildman–Crippen MR) is 75.5 cm³/mol. The molecule has 6 heteroatoms. The third-order valence-electron chi connectivity index (χ3n) is 2.84. The Hall–Kier alpha value is -1.17. The Morgan fingerprint density at radius 3 is 2.74 bits per heavy atom. The summed E-state index contributed by atoms with van der Waals surface area (Å²) >= 11 is 3.39. The minimum absolute atomic E-state index is 0.0742. The van der Waals surface area contributed by atoms with E-state index in [0.717, 1.165) is 24.2 Å². The van der Waals surface area contributed by atoms with E-state index in [1.807, 2.05) is 0 Å². The predicted octanol–water partition coefficient (Wildman–Crippen LogP) is 4.23. The van der Waals surface area contributed by atoms with Gasteiger partial charge in [-0.25, -0.2) is 4.39 Å². The monoisotopic (exact) mass is 333 g/mol. The molecular formula is C13H17BrFNO3. The van der Waals surface area contributed by atoms with Crippen LogP contribution in [0.25, 0.3) is 0 Å². The summed E-state index contributed by atoms with van der Waals surface area (Å²) in [6, 6.07) is 2.29. The lowest BCUT2D eigenvalue weighted by Crippen LogP contribution is -2.14. The van der Waals surface area contributed by atoms with Crippen LogP contribution >= 0.6 is 15.9 Å². The summed E-state index contributed by atoms with van der Waals surface area (Å²) in [5.41, 5.74) is 0.169. The van der Waals surface area contributed by atoms with Gasteiger partial charge in [-0.1, -0.05) is 29.3 Å². The quantitative estimate of drug-likeness (QED) is 0.426. The maximum absolute atomic E-state index is 13.7. The van der Waals surface area contributed by atoms with E-state index in [1.54, 1.807) is 6.92 Å². The first-order valence-electron chi connectivity index (χ1n) is 6.12. The third kappa shape index (κ3) is 4.45. The van der Waals surface area contributed by atoms with Crippen molar-refractivity contribution in [1.29, 1.82) is 0 Å². The highest BCUT2D eigenvalue weighted by Gasteiger charge is 2.17. The van der Waals surface area contributed by atoms with Crippen LogP contribution in [0.1, 0.15) is 25.3 Å². The van der Waals surface area contributed by atoms with E-state index in [1.165, 1.54) is 6.07 Å². The molecule has 0 radical (unpaired) electrons. The van der Waals surface area contributed by atoms with Crippen molar-refractivity contribution >= 4 is 21.6 Å². The molecule has 1 unspecified atom stereocenters. The van der Waals surface area contributed by atoms with Gasteiger partial charge in [0, 0.05) is 16.8 Å². The average Bonchev–Trinajstić information content (AvgIpc) is 2.37. The van der Waals surface area contributed by atoms with Gasteiger partial charge in [-0.05, 0) is 19.4 Å². The molecule has 0 bridgehead atoms. The van der Waals surface area contributed by atoms with Gasteiger partial charge in [-0.15, -0.1) is 0 Å². The van der Waals surface area contributed by atoms with Gasteiger partial charge in [0.05, 0.1) is 17.6 Å². The van der Waals surface area contributed by atoms with Gasteiger partial charge in [0.25, 0.3) is 5.69 Å². The fourth-order valence-electron chi connectivity index (χ4n) is 1.77. The topological polar surface area (TPSA) is 52.4 Å². The van der Waals surface area contributed by atoms with Crippen molar-refractivity contribution in [3.05, 3.63) is 33.6 Å². The van der Waals surface area contributed by atoms with E-state index < -0.39 is 10.7 Å². The number of hydrogen-bond donors (Lipinski definition) is 0. The van der Waals surface area contributed by atoms with Crippen molar-refractivity contribution in [2.75, 3.05) is 11.9 Å². The van der Waals surface area contributed by atoms with Crippen molar-refractivity contribution in [2.45, 2.75) is 26.7 Å². The molecule has 0 heterocycles. The first-order valence-corrected chi connectivity index (χ1v) is 7.25. The summed E-state index contributed by atoms with van der Waals surface area (Å²) in [7, 11) is 0. The third-order valence-corrected chi connectivity index (χ3v) is 3.75. The van der Waals surface area contributed by atoms with Crippen LogP contribution in [-0.2, 0) is 0 Å². The van der Waals surface area contributed by atoms with Crippen LogP contribution in [0.5, 0.6) is 5.75 Å². The lowest BCUT2D eigenvalue weighted by atomic mass is 10.1. The molecule has 0 N–H and O–H groups in total. The lowest BCUT2D eigenvalue weighted by Gasteiger charge is -2.15. The Kier molecular flexibility index (Phi) is 6.21. The second-order valence-corrected chi connectivity index (χ2v) is 5.09. The van der Waals surface area contributed by atoms with Crippen molar-refractivity contribution < 1.29 is 14.1 Å². The van der Waals surface area contributed by atoms with Crippen LogP contribution in [-0.4, -0.2) is 16.9 Å². The summed E-state index contributed by atoms with van der Waals surface area (Å²) in [5, 5.41) is 11.5. The molecule has 0 aliphatic carbocycles. The lowest BCUT2D eigenvalue weighted by molar-refractivity contribution is -0.385. The SMILES string of the molecule is CCCC(CBr)COc1cc(C)c([N+](=O)[O-])cc1F. The van der Waals surface area contributed by atoms with Gasteiger partial charge >= 0.3 is 0 Å². The highest BCUT2D eigenvalue weighted by atomic mass is 79.9. The van der Waals surface area contributed by atoms with Gasteiger partial charge < -0.3 is 4.74 Å². The fourth-order valence-corrected chi connectivity index (χ4v) is 2.28. The van der Waals surface area contributed by atoms with Gasteiger partial charge in [0.15, 0.2) is 11.6 Å². The molecule has 0 aromatic heterocycles. The molecule has 1 aromatic rings. The summed E-state index contributed by atoms with van der Waals surface area (Å²) in [5.74, 6) is -0.313. The Morgan fingerprint density at radius 2 is 2.21 bits per heavy atom. The van der Waals surface area contributed by atoms with E-state index in [9.17, 15) is 14.5 Å². The molecule has 4 nitrogen and oxygen atoms in total. The van der Waals surface area contributed by atoms with Crippen molar-refractivity contribution in [1.82, 2.24) is 0 Å². The van der Waals surface area contributed by atoms with Gasteiger partial charge in [0.2, 0.25) is 0 Å². The van der Waals surface area contributed by atoms with Gasteiger partial charge in [-0.2, -0.15) is 0 Å². The van der Waals surface area contributed by atoms with E-state index in [-0.39, 0.29) is 11.4 Å². The molecule has 0 spiro atoms. The Bertz CT molecular complexity index is 454. The number of halogens is 2. The van der Waals surface area contributed by atoms with Gasteiger partial charge in [0.1, 0.15) is 0 Å². The molecule has 0 aliphatic heterocycles. The number of benzene rings is 1. The number of hydrogen-bond acceptors (Lipinski definition) is 3. The molecule has 0 aliphatic rings. The molecule has 106 valence electrons. The van der Waals surface area contributed by atoms with Crippen LogP contribution in [0.15, 0.2) is 12.1 Å². The summed E-state index contributed by atoms with van der Waals surface area (Å²) in [6.07, 6.45) is 2.01. The van der Waals surface area contributed by atoms with Crippen molar-refractivity contribution in [3.8, 4) is 5.75 Å². The first kappa shape index (κ1) is 15.9. The molecule has 1 aromatic carbocycles. The second kappa shape index (κ2) is 7.43. The zero-order chi connectivity index (χ0) is 14.4. The molecule has 1 atom stereocenters. The summed E-state index contributed by atoms with van der Waals surface area (Å²) < 4.78 is 19.1. The van der Waals surface area contributed by atoms with Crippen LogP contribution in [0.2, 0.25) is 0 Å². The molecular weight excluding hydrogens is 317 g/mol. The largest absolute Gasteiger partial charge is 0.490 e. The highest BCUT2D eigenvalue weighted by molar-refractivity contribution is 9.09. The zero-order valence-electron chi connectivity index (χ0n) is 11.0. The molecule has 1 rings (SSSR count). The van der Waals surface area contributed by atoms with E-state index in [0.29, 0.717) is 18.1 Å². The number of nitro benzene ring substituents is 1. The maximum atomic E-state index is 13.7.